The lowest BCUT2D eigenvalue weighted by Crippen LogP contribution is -2.37. The van der Waals surface area contributed by atoms with E-state index in [9.17, 15) is 0 Å². The van der Waals surface area contributed by atoms with E-state index in [1.165, 1.54) is 0 Å². The maximum Gasteiger partial charge on any atom is 0.226 e. The average molecular weight is 288 g/mol. The Morgan fingerprint density at radius 1 is 1.24 bits per heavy atom. The van der Waals surface area contributed by atoms with E-state index in [0.29, 0.717) is 29.3 Å². The van der Waals surface area contributed by atoms with Gasteiger partial charge in [-0.15, -0.1) is 0 Å². The normalized spacial score (nSPS) is 17.0. The lowest BCUT2D eigenvalue weighted by atomic mass is 10.1. The van der Waals surface area contributed by atoms with Crippen molar-refractivity contribution in [2.45, 2.75) is 18.9 Å². The number of nitrogens with one attached hydrogen (secondary N) is 1. The predicted molar refractivity (Wildman–Crippen MR) is 82.4 cm³/mol. The number of hydrogen-bond donors (Lipinski definition) is 2. The van der Waals surface area contributed by atoms with Gasteiger partial charge in [0, 0.05) is 12.1 Å². The molecular formula is C14H20N6O. The third-order valence-corrected chi connectivity index (χ3v) is 3.82. The predicted octanol–water partition coefficient (Wildman–Crippen LogP) is 1.12. The van der Waals surface area contributed by atoms with Gasteiger partial charge in [0.15, 0.2) is 5.65 Å². The van der Waals surface area contributed by atoms with Gasteiger partial charge >= 0.3 is 0 Å². The molecule has 0 aromatic carbocycles. The Balaban J connectivity index is 1.85. The Labute approximate surface area is 123 Å². The number of pyridine rings is 1. The molecule has 0 saturated carbocycles. The van der Waals surface area contributed by atoms with Crippen LogP contribution in [0.2, 0.25) is 0 Å². The summed E-state index contributed by atoms with van der Waals surface area (Å²) in [6, 6.07) is 3.96. The number of hydrogen-bond acceptors (Lipinski definition) is 7. The molecule has 3 rings (SSSR count). The van der Waals surface area contributed by atoms with Crippen LogP contribution in [0.3, 0.4) is 0 Å². The molecule has 1 saturated heterocycles. The summed E-state index contributed by atoms with van der Waals surface area (Å²) < 4.78 is 5.13. The van der Waals surface area contributed by atoms with E-state index in [0.717, 1.165) is 31.3 Å². The van der Waals surface area contributed by atoms with E-state index >= 15 is 0 Å². The second-order valence-electron chi connectivity index (χ2n) is 5.38. The molecule has 1 aliphatic rings. The van der Waals surface area contributed by atoms with E-state index in [1.807, 2.05) is 6.07 Å². The molecule has 1 aliphatic heterocycles. The van der Waals surface area contributed by atoms with E-state index in [4.69, 9.17) is 10.5 Å². The highest BCUT2D eigenvalue weighted by atomic mass is 16.5. The lowest BCUT2D eigenvalue weighted by molar-refractivity contribution is 0.263. The fraction of sp³-hybridized carbons (Fsp3) is 0.500. The molecule has 0 bridgehead atoms. The number of nitrogens with two attached hydrogens (primary N) is 1. The highest BCUT2D eigenvalue weighted by Gasteiger charge is 2.18. The fourth-order valence-corrected chi connectivity index (χ4v) is 2.53. The van der Waals surface area contributed by atoms with Gasteiger partial charge in [-0.3, -0.25) is 0 Å². The van der Waals surface area contributed by atoms with Crippen molar-refractivity contribution in [2.24, 2.45) is 0 Å². The fourth-order valence-electron chi connectivity index (χ4n) is 2.53. The first kappa shape index (κ1) is 13.8. The van der Waals surface area contributed by atoms with Gasteiger partial charge in [0.2, 0.25) is 11.8 Å². The minimum absolute atomic E-state index is 0.378. The second kappa shape index (κ2) is 5.69. The summed E-state index contributed by atoms with van der Waals surface area (Å²) in [5.41, 5.74) is 6.55. The van der Waals surface area contributed by atoms with E-state index in [-0.39, 0.29) is 0 Å². The van der Waals surface area contributed by atoms with Gasteiger partial charge in [0.1, 0.15) is 5.82 Å². The van der Waals surface area contributed by atoms with Crippen molar-refractivity contribution in [1.82, 2.24) is 19.9 Å². The molecule has 3 heterocycles. The van der Waals surface area contributed by atoms with Crippen molar-refractivity contribution in [3.8, 4) is 5.88 Å². The number of anilines is 2. The maximum atomic E-state index is 6.00. The van der Waals surface area contributed by atoms with Gasteiger partial charge in [-0.1, -0.05) is 0 Å². The second-order valence-corrected chi connectivity index (χ2v) is 5.38. The molecule has 0 amide bonds. The smallest absolute Gasteiger partial charge is 0.226 e. The van der Waals surface area contributed by atoms with E-state index in [2.05, 4.69) is 32.2 Å². The maximum absolute atomic E-state index is 6.00. The number of aromatic nitrogens is 3. The zero-order chi connectivity index (χ0) is 14.8. The van der Waals surface area contributed by atoms with Gasteiger partial charge in [-0.25, -0.2) is 0 Å². The van der Waals surface area contributed by atoms with Gasteiger partial charge in [-0.05, 0) is 39.0 Å². The van der Waals surface area contributed by atoms with Crippen LogP contribution in [-0.2, 0) is 0 Å². The van der Waals surface area contributed by atoms with E-state index < -0.39 is 0 Å². The molecule has 112 valence electrons. The number of fused-ring (bicyclic) bond motifs is 1. The lowest BCUT2D eigenvalue weighted by Gasteiger charge is -2.29. The number of methoxy groups -OCH3 is 1. The van der Waals surface area contributed by atoms with Crippen molar-refractivity contribution in [3.05, 3.63) is 12.1 Å². The van der Waals surface area contributed by atoms with Crippen molar-refractivity contribution in [3.63, 3.8) is 0 Å². The van der Waals surface area contributed by atoms with E-state index in [1.54, 1.807) is 13.2 Å². The van der Waals surface area contributed by atoms with Crippen LogP contribution >= 0.6 is 0 Å². The number of ether oxygens (including phenoxy) is 1. The Hall–Kier alpha value is -2.15. The van der Waals surface area contributed by atoms with Gasteiger partial charge < -0.3 is 20.7 Å². The Morgan fingerprint density at radius 3 is 2.71 bits per heavy atom. The summed E-state index contributed by atoms with van der Waals surface area (Å²) in [7, 11) is 3.72. The zero-order valence-electron chi connectivity index (χ0n) is 12.3. The van der Waals surface area contributed by atoms with Crippen LogP contribution in [0.25, 0.3) is 11.0 Å². The standard InChI is InChI=1S/C14H20N6O/c1-20-7-5-9(6-8-20)16-14-18-12(15)10-3-4-11(21-2)17-13(10)19-14/h3-4,9H,5-8H2,1-2H3,(H3,15,16,17,18,19). The molecule has 0 unspecified atom stereocenters. The molecule has 21 heavy (non-hydrogen) atoms. The number of likely N-dealkylation sites (tertiary alicyclic amines) is 1. The van der Waals surface area contributed by atoms with Crippen LogP contribution in [0.1, 0.15) is 12.8 Å². The highest BCUT2D eigenvalue weighted by molar-refractivity contribution is 5.86. The van der Waals surface area contributed by atoms with Crippen LogP contribution in [-0.4, -0.2) is 53.1 Å². The average Bonchev–Trinajstić information content (AvgIpc) is 2.49. The Morgan fingerprint density at radius 2 is 2.00 bits per heavy atom. The van der Waals surface area contributed by atoms with Gasteiger partial charge in [-0.2, -0.15) is 15.0 Å². The Kier molecular flexibility index (Phi) is 3.74. The summed E-state index contributed by atoms with van der Waals surface area (Å²) in [5.74, 6) is 1.49. The first-order valence-electron chi connectivity index (χ1n) is 7.09. The first-order chi connectivity index (χ1) is 10.2. The van der Waals surface area contributed by atoms with Crippen LogP contribution in [0.4, 0.5) is 11.8 Å². The summed E-state index contributed by atoms with van der Waals surface area (Å²) in [5, 5.41) is 4.10. The highest BCUT2D eigenvalue weighted by Crippen LogP contribution is 2.22. The molecule has 7 nitrogen and oxygen atoms in total. The molecule has 2 aromatic rings. The quantitative estimate of drug-likeness (QED) is 0.874. The van der Waals surface area contributed by atoms with Crippen LogP contribution < -0.4 is 15.8 Å². The topological polar surface area (TPSA) is 89.2 Å². The van der Waals surface area contributed by atoms with Crippen LogP contribution in [0.5, 0.6) is 5.88 Å². The Bertz CT molecular complexity index is 639. The van der Waals surface area contributed by atoms with Crippen molar-refractivity contribution < 1.29 is 4.74 Å². The summed E-state index contributed by atoms with van der Waals surface area (Å²) in [6.45, 7) is 2.15. The summed E-state index contributed by atoms with van der Waals surface area (Å²) in [6.07, 6.45) is 2.15. The third kappa shape index (κ3) is 2.97. The van der Waals surface area contributed by atoms with Crippen LogP contribution in [0, 0.1) is 0 Å². The number of nitrogens with zero attached hydrogens (tertiary/aromatic N) is 4. The van der Waals surface area contributed by atoms with Crippen LogP contribution in [0.15, 0.2) is 12.1 Å². The number of rotatable bonds is 3. The molecule has 0 atom stereocenters. The first-order valence-corrected chi connectivity index (χ1v) is 7.09. The SMILES string of the molecule is COc1ccc2c(N)nc(NC3CCN(C)CC3)nc2n1. The molecule has 7 heteroatoms. The molecule has 0 spiro atoms. The van der Waals surface area contributed by atoms with Gasteiger partial charge in [0.25, 0.3) is 0 Å². The molecule has 0 aliphatic carbocycles. The monoisotopic (exact) mass is 288 g/mol. The molecular weight excluding hydrogens is 268 g/mol. The molecule has 0 radical (unpaired) electrons. The van der Waals surface area contributed by atoms with Crippen molar-refractivity contribution in [2.75, 3.05) is 38.3 Å². The van der Waals surface area contributed by atoms with Crippen molar-refractivity contribution >= 4 is 22.8 Å². The third-order valence-electron chi connectivity index (χ3n) is 3.82. The minimum atomic E-state index is 0.378. The summed E-state index contributed by atoms with van der Waals surface area (Å²) >= 11 is 0. The number of nitrogen functional groups attached to an aromatic ring is 1. The minimum Gasteiger partial charge on any atom is -0.481 e. The van der Waals surface area contributed by atoms with Gasteiger partial charge in [0.05, 0.1) is 12.5 Å². The summed E-state index contributed by atoms with van der Waals surface area (Å²) in [4.78, 5) is 15.4. The molecule has 2 aromatic heterocycles. The molecule has 3 N–H and O–H groups in total. The number of piperidine rings is 1. The largest absolute Gasteiger partial charge is 0.481 e. The zero-order valence-corrected chi connectivity index (χ0v) is 12.3. The molecule has 1 fully saturated rings. The van der Waals surface area contributed by atoms with Crippen molar-refractivity contribution in [1.29, 1.82) is 0 Å².